The third-order valence-corrected chi connectivity index (χ3v) is 3.81. The standard InChI is InChI=1S/C16H21NO2/c1-13(12-14(2)18)17-10-8-16(19,9-11-17)15-6-4-3-5-7-15/h3-7,12,19H,8-11H2,1-2H3/b13-12+. The highest BCUT2D eigenvalue weighted by Gasteiger charge is 2.33. The number of rotatable bonds is 3. The molecule has 0 spiro atoms. The first-order chi connectivity index (χ1) is 9.01. The molecule has 1 aromatic carbocycles. The molecule has 0 saturated carbocycles. The first-order valence-electron chi connectivity index (χ1n) is 6.73. The van der Waals surface area contributed by atoms with E-state index in [1.54, 1.807) is 13.0 Å². The van der Waals surface area contributed by atoms with Crippen LogP contribution in [0.2, 0.25) is 0 Å². The summed E-state index contributed by atoms with van der Waals surface area (Å²) in [6.07, 6.45) is 3.05. The average Bonchev–Trinajstić information content (AvgIpc) is 2.40. The van der Waals surface area contributed by atoms with Gasteiger partial charge in [0.2, 0.25) is 0 Å². The Bertz CT molecular complexity index is 471. The van der Waals surface area contributed by atoms with Crippen molar-refractivity contribution in [2.75, 3.05) is 13.1 Å². The van der Waals surface area contributed by atoms with E-state index in [1.165, 1.54) is 0 Å². The van der Waals surface area contributed by atoms with Gasteiger partial charge >= 0.3 is 0 Å². The van der Waals surface area contributed by atoms with Crippen LogP contribution in [-0.4, -0.2) is 28.9 Å². The zero-order valence-corrected chi connectivity index (χ0v) is 11.6. The van der Waals surface area contributed by atoms with Crippen molar-refractivity contribution in [1.82, 2.24) is 4.90 Å². The molecule has 0 aromatic heterocycles. The van der Waals surface area contributed by atoms with E-state index in [2.05, 4.69) is 4.90 Å². The third-order valence-electron chi connectivity index (χ3n) is 3.81. The molecule has 3 heteroatoms. The van der Waals surface area contributed by atoms with E-state index in [-0.39, 0.29) is 5.78 Å². The van der Waals surface area contributed by atoms with Crippen molar-refractivity contribution in [2.45, 2.75) is 32.3 Å². The maximum absolute atomic E-state index is 11.1. The van der Waals surface area contributed by atoms with Gasteiger partial charge in [-0.1, -0.05) is 30.3 Å². The number of ketones is 1. The van der Waals surface area contributed by atoms with Gasteiger partial charge in [-0.25, -0.2) is 0 Å². The Kier molecular flexibility index (Phi) is 4.05. The monoisotopic (exact) mass is 259 g/mol. The van der Waals surface area contributed by atoms with Crippen molar-refractivity contribution in [3.8, 4) is 0 Å². The highest BCUT2D eigenvalue weighted by atomic mass is 16.3. The largest absolute Gasteiger partial charge is 0.385 e. The normalized spacial score (nSPS) is 19.3. The lowest BCUT2D eigenvalue weighted by atomic mass is 9.84. The van der Waals surface area contributed by atoms with Gasteiger partial charge in [0.25, 0.3) is 0 Å². The molecule has 1 aliphatic heterocycles. The Balaban J connectivity index is 2.05. The second-order valence-corrected chi connectivity index (χ2v) is 5.28. The second-order valence-electron chi connectivity index (χ2n) is 5.28. The highest BCUT2D eigenvalue weighted by molar-refractivity contribution is 5.87. The lowest BCUT2D eigenvalue weighted by Crippen LogP contribution is -2.41. The number of likely N-dealkylation sites (tertiary alicyclic amines) is 1. The fraction of sp³-hybridized carbons (Fsp3) is 0.438. The molecule has 0 radical (unpaired) electrons. The summed E-state index contributed by atoms with van der Waals surface area (Å²) in [5.41, 5.74) is 1.25. The molecule has 1 aromatic rings. The summed E-state index contributed by atoms with van der Waals surface area (Å²) in [5, 5.41) is 10.7. The maximum Gasteiger partial charge on any atom is 0.154 e. The van der Waals surface area contributed by atoms with Gasteiger partial charge in [0.05, 0.1) is 5.60 Å². The fourth-order valence-electron chi connectivity index (χ4n) is 2.65. The topological polar surface area (TPSA) is 40.5 Å². The third kappa shape index (κ3) is 3.24. The second kappa shape index (κ2) is 5.57. The summed E-state index contributed by atoms with van der Waals surface area (Å²) in [6, 6.07) is 9.84. The number of aliphatic hydroxyl groups is 1. The summed E-state index contributed by atoms with van der Waals surface area (Å²) < 4.78 is 0. The van der Waals surface area contributed by atoms with E-state index in [0.29, 0.717) is 12.8 Å². The van der Waals surface area contributed by atoms with Crippen molar-refractivity contribution >= 4 is 5.78 Å². The zero-order chi connectivity index (χ0) is 13.9. The number of benzene rings is 1. The minimum Gasteiger partial charge on any atom is -0.385 e. The fourth-order valence-corrected chi connectivity index (χ4v) is 2.65. The lowest BCUT2D eigenvalue weighted by molar-refractivity contribution is -0.112. The number of piperidine rings is 1. The Labute approximate surface area is 114 Å². The molecule has 1 aliphatic rings. The predicted molar refractivity (Wildman–Crippen MR) is 75.6 cm³/mol. The minimum absolute atomic E-state index is 0.0707. The van der Waals surface area contributed by atoms with Crippen LogP contribution in [0.15, 0.2) is 42.1 Å². The van der Waals surface area contributed by atoms with E-state index in [9.17, 15) is 9.90 Å². The number of carbonyl (C=O) groups excluding carboxylic acids is 1. The Morgan fingerprint density at radius 2 is 1.79 bits per heavy atom. The average molecular weight is 259 g/mol. The molecule has 2 rings (SSSR count). The molecular formula is C16H21NO2. The first-order valence-corrected chi connectivity index (χ1v) is 6.73. The van der Waals surface area contributed by atoms with Crippen molar-refractivity contribution in [1.29, 1.82) is 0 Å². The van der Waals surface area contributed by atoms with E-state index >= 15 is 0 Å². The molecule has 0 aliphatic carbocycles. The van der Waals surface area contributed by atoms with Crippen LogP contribution in [0.4, 0.5) is 0 Å². The molecule has 102 valence electrons. The molecule has 19 heavy (non-hydrogen) atoms. The van der Waals surface area contributed by atoms with Gasteiger partial charge in [-0.15, -0.1) is 0 Å². The van der Waals surface area contributed by atoms with E-state index in [1.807, 2.05) is 37.3 Å². The van der Waals surface area contributed by atoms with Crippen LogP contribution in [0.5, 0.6) is 0 Å². The van der Waals surface area contributed by atoms with Crippen LogP contribution in [0, 0.1) is 0 Å². The van der Waals surface area contributed by atoms with Crippen molar-refractivity contribution < 1.29 is 9.90 Å². The van der Waals surface area contributed by atoms with Gasteiger partial charge < -0.3 is 10.0 Å². The lowest BCUT2D eigenvalue weighted by Gasteiger charge is -2.40. The smallest absolute Gasteiger partial charge is 0.154 e. The van der Waals surface area contributed by atoms with Crippen LogP contribution in [0.1, 0.15) is 32.3 Å². The molecule has 1 fully saturated rings. The van der Waals surface area contributed by atoms with Crippen LogP contribution >= 0.6 is 0 Å². The minimum atomic E-state index is -0.728. The van der Waals surface area contributed by atoms with Crippen LogP contribution in [0.3, 0.4) is 0 Å². The number of hydrogen-bond donors (Lipinski definition) is 1. The summed E-state index contributed by atoms with van der Waals surface area (Å²) in [6.45, 7) is 5.07. The molecule has 0 unspecified atom stereocenters. The van der Waals surface area contributed by atoms with E-state index in [4.69, 9.17) is 0 Å². The number of hydrogen-bond acceptors (Lipinski definition) is 3. The Morgan fingerprint density at radius 3 is 2.32 bits per heavy atom. The van der Waals surface area contributed by atoms with Gasteiger partial charge in [-0.2, -0.15) is 0 Å². The Morgan fingerprint density at radius 1 is 1.21 bits per heavy atom. The summed E-state index contributed by atoms with van der Waals surface area (Å²) in [5.74, 6) is 0.0707. The number of allylic oxidation sites excluding steroid dienone is 2. The van der Waals surface area contributed by atoms with Gasteiger partial charge in [0.15, 0.2) is 5.78 Å². The Hall–Kier alpha value is -1.61. The molecule has 3 nitrogen and oxygen atoms in total. The molecule has 1 heterocycles. The molecule has 0 atom stereocenters. The molecule has 0 bridgehead atoms. The van der Waals surface area contributed by atoms with E-state index < -0.39 is 5.60 Å². The number of nitrogens with zero attached hydrogens (tertiary/aromatic N) is 1. The summed E-state index contributed by atoms with van der Waals surface area (Å²) >= 11 is 0. The van der Waals surface area contributed by atoms with Gasteiger partial charge in [0, 0.05) is 18.8 Å². The van der Waals surface area contributed by atoms with Crippen LogP contribution in [-0.2, 0) is 10.4 Å². The molecule has 0 amide bonds. The zero-order valence-electron chi connectivity index (χ0n) is 11.6. The van der Waals surface area contributed by atoms with Crippen LogP contribution < -0.4 is 0 Å². The SMILES string of the molecule is CC(=O)/C=C(\C)N1CCC(O)(c2ccccc2)CC1. The quantitative estimate of drug-likeness (QED) is 0.848. The van der Waals surface area contributed by atoms with Crippen molar-refractivity contribution in [3.05, 3.63) is 47.7 Å². The first kappa shape index (κ1) is 13.8. The highest BCUT2D eigenvalue weighted by Crippen LogP contribution is 2.33. The maximum atomic E-state index is 11.1. The molecular weight excluding hydrogens is 238 g/mol. The van der Waals surface area contributed by atoms with Crippen LogP contribution in [0.25, 0.3) is 0 Å². The molecule has 1 saturated heterocycles. The number of carbonyl (C=O) groups is 1. The van der Waals surface area contributed by atoms with Crippen molar-refractivity contribution in [3.63, 3.8) is 0 Å². The molecule has 1 N–H and O–H groups in total. The van der Waals surface area contributed by atoms with E-state index in [0.717, 1.165) is 24.4 Å². The van der Waals surface area contributed by atoms with Crippen molar-refractivity contribution in [2.24, 2.45) is 0 Å². The van der Waals surface area contributed by atoms with Gasteiger partial charge in [-0.3, -0.25) is 4.79 Å². The van der Waals surface area contributed by atoms with Gasteiger partial charge in [0.1, 0.15) is 0 Å². The summed E-state index contributed by atoms with van der Waals surface area (Å²) in [4.78, 5) is 13.3. The van der Waals surface area contributed by atoms with Gasteiger partial charge in [-0.05, 0) is 38.3 Å². The summed E-state index contributed by atoms with van der Waals surface area (Å²) in [7, 11) is 0. The predicted octanol–water partition coefficient (Wildman–Crippen LogP) is 2.46.